The zero-order valence-electron chi connectivity index (χ0n) is 10.9. The van der Waals surface area contributed by atoms with Gasteiger partial charge in [0.25, 0.3) is 0 Å². The SMILES string of the molecule is Cc1ccc(N2CCC(C)(O)CC2)c(C(N)=S)c1. The zero-order chi connectivity index (χ0) is 13.3. The largest absolute Gasteiger partial charge is 0.390 e. The third kappa shape index (κ3) is 2.82. The Kier molecular flexibility index (Phi) is 3.59. The van der Waals surface area contributed by atoms with Crippen molar-refractivity contribution in [2.75, 3.05) is 18.0 Å². The molecular formula is C14H20N2OS. The smallest absolute Gasteiger partial charge is 0.106 e. The van der Waals surface area contributed by atoms with Crippen LogP contribution in [0.25, 0.3) is 0 Å². The van der Waals surface area contributed by atoms with Crippen molar-refractivity contribution in [3.8, 4) is 0 Å². The van der Waals surface area contributed by atoms with Crippen molar-refractivity contribution >= 4 is 22.9 Å². The van der Waals surface area contributed by atoms with E-state index in [0.29, 0.717) is 4.99 Å². The third-order valence-corrected chi connectivity index (χ3v) is 3.82. The molecule has 3 N–H and O–H groups in total. The maximum Gasteiger partial charge on any atom is 0.106 e. The lowest BCUT2D eigenvalue weighted by atomic mass is 9.93. The van der Waals surface area contributed by atoms with Crippen molar-refractivity contribution < 1.29 is 5.11 Å². The van der Waals surface area contributed by atoms with Gasteiger partial charge >= 0.3 is 0 Å². The number of benzene rings is 1. The summed E-state index contributed by atoms with van der Waals surface area (Å²) in [7, 11) is 0. The van der Waals surface area contributed by atoms with Gasteiger partial charge in [0.1, 0.15) is 4.99 Å². The lowest BCUT2D eigenvalue weighted by molar-refractivity contribution is 0.0351. The first-order valence-corrected chi connectivity index (χ1v) is 6.68. The average Bonchev–Trinajstić information content (AvgIpc) is 2.29. The zero-order valence-corrected chi connectivity index (χ0v) is 11.8. The highest BCUT2D eigenvalue weighted by Crippen LogP contribution is 2.28. The number of aryl methyl sites for hydroxylation is 1. The van der Waals surface area contributed by atoms with E-state index in [1.54, 1.807) is 0 Å². The maximum atomic E-state index is 9.98. The van der Waals surface area contributed by atoms with Crippen LogP contribution in [0.5, 0.6) is 0 Å². The van der Waals surface area contributed by atoms with Gasteiger partial charge < -0.3 is 15.7 Å². The van der Waals surface area contributed by atoms with E-state index in [9.17, 15) is 5.11 Å². The molecule has 0 spiro atoms. The van der Waals surface area contributed by atoms with Gasteiger partial charge in [-0.3, -0.25) is 0 Å². The predicted molar refractivity (Wildman–Crippen MR) is 79.1 cm³/mol. The van der Waals surface area contributed by atoms with E-state index in [2.05, 4.69) is 17.0 Å². The highest BCUT2D eigenvalue weighted by molar-refractivity contribution is 7.80. The van der Waals surface area contributed by atoms with Gasteiger partial charge in [0.2, 0.25) is 0 Å². The average molecular weight is 264 g/mol. The molecule has 1 aromatic rings. The van der Waals surface area contributed by atoms with Gasteiger partial charge in [-0.25, -0.2) is 0 Å². The molecule has 1 fully saturated rings. The van der Waals surface area contributed by atoms with E-state index in [4.69, 9.17) is 18.0 Å². The fourth-order valence-corrected chi connectivity index (χ4v) is 2.52. The predicted octanol–water partition coefficient (Wildman–Crippen LogP) is 1.98. The molecule has 1 aliphatic rings. The van der Waals surface area contributed by atoms with Crippen LogP contribution in [0, 0.1) is 6.92 Å². The van der Waals surface area contributed by atoms with Crippen molar-refractivity contribution in [2.45, 2.75) is 32.3 Å². The van der Waals surface area contributed by atoms with Gasteiger partial charge in [0.15, 0.2) is 0 Å². The fraction of sp³-hybridized carbons (Fsp3) is 0.500. The van der Waals surface area contributed by atoms with E-state index in [1.165, 1.54) is 0 Å². The maximum absolute atomic E-state index is 9.98. The molecule has 3 nitrogen and oxygen atoms in total. The van der Waals surface area contributed by atoms with Crippen LogP contribution in [0.4, 0.5) is 5.69 Å². The first kappa shape index (κ1) is 13.3. The first-order chi connectivity index (χ1) is 8.39. The molecule has 0 radical (unpaired) electrons. The summed E-state index contributed by atoms with van der Waals surface area (Å²) in [6, 6.07) is 6.18. The molecule has 0 aliphatic carbocycles. The third-order valence-electron chi connectivity index (χ3n) is 3.60. The van der Waals surface area contributed by atoms with E-state index in [0.717, 1.165) is 42.7 Å². The summed E-state index contributed by atoms with van der Waals surface area (Å²) >= 11 is 5.13. The summed E-state index contributed by atoms with van der Waals surface area (Å²) in [6.45, 7) is 5.61. The molecule has 1 aliphatic heterocycles. The molecule has 0 amide bonds. The molecule has 0 aromatic heterocycles. The highest BCUT2D eigenvalue weighted by Gasteiger charge is 2.28. The Morgan fingerprint density at radius 3 is 2.56 bits per heavy atom. The summed E-state index contributed by atoms with van der Waals surface area (Å²) in [4.78, 5) is 2.69. The normalized spacial score (nSPS) is 18.7. The van der Waals surface area contributed by atoms with E-state index < -0.39 is 5.60 Å². The summed E-state index contributed by atoms with van der Waals surface area (Å²) in [6.07, 6.45) is 1.55. The molecule has 0 unspecified atom stereocenters. The van der Waals surface area contributed by atoms with Gasteiger partial charge in [-0.2, -0.15) is 0 Å². The Labute approximate surface area is 114 Å². The summed E-state index contributed by atoms with van der Waals surface area (Å²) in [5.74, 6) is 0. The molecule has 0 saturated carbocycles. The minimum Gasteiger partial charge on any atom is -0.390 e. The Hall–Kier alpha value is -1.13. The molecule has 1 heterocycles. The van der Waals surface area contributed by atoms with Crippen LogP contribution >= 0.6 is 12.2 Å². The van der Waals surface area contributed by atoms with E-state index in [-0.39, 0.29) is 0 Å². The number of hydrogen-bond donors (Lipinski definition) is 2. The summed E-state index contributed by atoms with van der Waals surface area (Å²) in [5.41, 5.74) is 8.44. The van der Waals surface area contributed by atoms with Gasteiger partial charge in [-0.05, 0) is 38.8 Å². The fourth-order valence-electron chi connectivity index (χ4n) is 2.35. The van der Waals surface area contributed by atoms with E-state index >= 15 is 0 Å². The second-order valence-corrected chi connectivity index (χ2v) is 5.81. The van der Waals surface area contributed by atoms with Crippen LogP contribution in [0.15, 0.2) is 18.2 Å². The lowest BCUT2D eigenvalue weighted by Gasteiger charge is -2.38. The van der Waals surface area contributed by atoms with Crippen molar-refractivity contribution in [2.24, 2.45) is 5.73 Å². The highest BCUT2D eigenvalue weighted by atomic mass is 32.1. The minimum atomic E-state index is -0.537. The van der Waals surface area contributed by atoms with Crippen molar-refractivity contribution in [3.05, 3.63) is 29.3 Å². The molecule has 1 saturated heterocycles. The van der Waals surface area contributed by atoms with Gasteiger partial charge in [0.05, 0.1) is 5.60 Å². The number of thiocarbonyl (C=S) groups is 1. The molecule has 2 rings (SSSR count). The Morgan fingerprint density at radius 2 is 2.00 bits per heavy atom. The Morgan fingerprint density at radius 1 is 1.39 bits per heavy atom. The van der Waals surface area contributed by atoms with Gasteiger partial charge in [0, 0.05) is 24.3 Å². The molecule has 1 aromatic carbocycles. The van der Waals surface area contributed by atoms with Crippen LogP contribution in [-0.2, 0) is 0 Å². The van der Waals surface area contributed by atoms with Gasteiger partial charge in [-0.1, -0.05) is 23.8 Å². The van der Waals surface area contributed by atoms with E-state index in [1.807, 2.05) is 19.9 Å². The van der Waals surface area contributed by atoms with Crippen LogP contribution in [-0.4, -0.2) is 28.8 Å². The standard InChI is InChI=1S/C14H20N2OS/c1-10-3-4-12(11(9-10)13(15)18)16-7-5-14(2,17)6-8-16/h3-4,9,17H,5-8H2,1-2H3,(H2,15,18). The quantitative estimate of drug-likeness (QED) is 0.802. The monoisotopic (exact) mass is 264 g/mol. The van der Waals surface area contributed by atoms with Crippen LogP contribution in [0.2, 0.25) is 0 Å². The number of rotatable bonds is 2. The van der Waals surface area contributed by atoms with Crippen LogP contribution in [0.1, 0.15) is 30.9 Å². The van der Waals surface area contributed by atoms with Crippen LogP contribution < -0.4 is 10.6 Å². The van der Waals surface area contributed by atoms with Crippen molar-refractivity contribution in [1.82, 2.24) is 0 Å². The topological polar surface area (TPSA) is 49.5 Å². The number of anilines is 1. The number of nitrogens with two attached hydrogens (primary N) is 1. The molecule has 98 valence electrons. The molecule has 4 heteroatoms. The number of hydrogen-bond acceptors (Lipinski definition) is 3. The molecule has 18 heavy (non-hydrogen) atoms. The van der Waals surface area contributed by atoms with Crippen molar-refractivity contribution in [1.29, 1.82) is 0 Å². The number of piperidine rings is 1. The second kappa shape index (κ2) is 4.86. The van der Waals surface area contributed by atoms with Gasteiger partial charge in [-0.15, -0.1) is 0 Å². The second-order valence-electron chi connectivity index (χ2n) is 5.37. The summed E-state index contributed by atoms with van der Waals surface area (Å²) < 4.78 is 0. The molecular weight excluding hydrogens is 244 g/mol. The Bertz CT molecular complexity index is 461. The summed E-state index contributed by atoms with van der Waals surface area (Å²) in [5, 5.41) is 9.98. The molecule has 0 atom stereocenters. The minimum absolute atomic E-state index is 0.436. The number of aliphatic hydroxyl groups is 1. The number of nitrogens with zero attached hydrogens (tertiary/aromatic N) is 1. The first-order valence-electron chi connectivity index (χ1n) is 6.27. The van der Waals surface area contributed by atoms with Crippen molar-refractivity contribution in [3.63, 3.8) is 0 Å². The Balaban J connectivity index is 2.26. The van der Waals surface area contributed by atoms with Crippen LogP contribution in [0.3, 0.4) is 0 Å². The lowest BCUT2D eigenvalue weighted by Crippen LogP contribution is -2.43. The molecule has 0 bridgehead atoms.